The second kappa shape index (κ2) is 5.77. The predicted octanol–water partition coefficient (Wildman–Crippen LogP) is 3.52. The van der Waals surface area contributed by atoms with Crippen LogP contribution in [0.2, 0.25) is 0 Å². The predicted molar refractivity (Wildman–Crippen MR) is 82.5 cm³/mol. The van der Waals surface area contributed by atoms with Gasteiger partial charge in [-0.1, -0.05) is 6.07 Å². The molecule has 1 aliphatic rings. The van der Waals surface area contributed by atoms with Gasteiger partial charge in [-0.25, -0.2) is 4.39 Å². The molecule has 0 spiro atoms. The highest BCUT2D eigenvalue weighted by molar-refractivity contribution is 5.94. The molecule has 1 atom stereocenters. The van der Waals surface area contributed by atoms with E-state index in [0.717, 1.165) is 11.3 Å². The summed E-state index contributed by atoms with van der Waals surface area (Å²) >= 11 is 0. The van der Waals surface area contributed by atoms with Gasteiger partial charge in [-0.2, -0.15) is 0 Å². The number of hydrogen-bond acceptors (Lipinski definition) is 3. The Labute approximate surface area is 128 Å². The van der Waals surface area contributed by atoms with Crippen LogP contribution >= 0.6 is 0 Å². The summed E-state index contributed by atoms with van der Waals surface area (Å²) in [6.45, 7) is 1.72. The van der Waals surface area contributed by atoms with E-state index < -0.39 is 6.04 Å². The van der Waals surface area contributed by atoms with Crippen molar-refractivity contribution in [2.24, 2.45) is 5.73 Å². The minimum Gasteiger partial charge on any atom is -0.457 e. The van der Waals surface area contributed by atoms with Crippen molar-refractivity contribution >= 4 is 11.6 Å². The van der Waals surface area contributed by atoms with Crippen molar-refractivity contribution in [2.75, 3.05) is 5.32 Å². The topological polar surface area (TPSA) is 64.3 Å². The van der Waals surface area contributed by atoms with Gasteiger partial charge in [0, 0.05) is 23.7 Å². The van der Waals surface area contributed by atoms with Crippen molar-refractivity contribution in [3.8, 4) is 11.5 Å². The first kappa shape index (κ1) is 14.5. The van der Waals surface area contributed by atoms with E-state index in [9.17, 15) is 9.18 Å². The summed E-state index contributed by atoms with van der Waals surface area (Å²) in [5, 5.41) is 2.82. The number of anilines is 1. The second-order valence-corrected chi connectivity index (χ2v) is 5.41. The third kappa shape index (κ3) is 2.80. The lowest BCUT2D eigenvalue weighted by molar-refractivity contribution is -0.116. The molecule has 0 fully saturated rings. The van der Waals surface area contributed by atoms with Gasteiger partial charge in [0.2, 0.25) is 5.91 Å². The van der Waals surface area contributed by atoms with Gasteiger partial charge >= 0.3 is 0 Å². The van der Waals surface area contributed by atoms with Gasteiger partial charge in [0.05, 0.1) is 0 Å². The summed E-state index contributed by atoms with van der Waals surface area (Å²) in [7, 11) is 0. The fraction of sp³-hybridized carbons (Fsp3) is 0.235. The van der Waals surface area contributed by atoms with Gasteiger partial charge in [-0.05, 0) is 49.2 Å². The highest BCUT2D eigenvalue weighted by Crippen LogP contribution is 2.33. The van der Waals surface area contributed by atoms with E-state index >= 15 is 0 Å². The zero-order valence-corrected chi connectivity index (χ0v) is 12.2. The maximum atomic E-state index is 13.9. The third-order valence-electron chi connectivity index (χ3n) is 3.67. The second-order valence-electron chi connectivity index (χ2n) is 5.41. The number of carbonyl (C=O) groups is 1. The first-order valence-corrected chi connectivity index (χ1v) is 7.19. The number of fused-ring (bicyclic) bond motifs is 1. The summed E-state index contributed by atoms with van der Waals surface area (Å²) in [5.74, 6) is 0.653. The molecule has 0 saturated carbocycles. The molecule has 1 unspecified atom stereocenters. The Morgan fingerprint density at radius 3 is 2.86 bits per heavy atom. The number of nitrogens with one attached hydrogen (secondary N) is 1. The fourth-order valence-electron chi connectivity index (χ4n) is 2.60. The Hall–Kier alpha value is -2.40. The zero-order valence-electron chi connectivity index (χ0n) is 12.2. The van der Waals surface area contributed by atoms with Gasteiger partial charge in [0.15, 0.2) is 0 Å². The van der Waals surface area contributed by atoms with Gasteiger partial charge in [-0.15, -0.1) is 0 Å². The van der Waals surface area contributed by atoms with Crippen LogP contribution in [0.25, 0.3) is 0 Å². The van der Waals surface area contributed by atoms with Crippen LogP contribution in [0.5, 0.6) is 11.5 Å². The minimum absolute atomic E-state index is 0.0190. The fourth-order valence-corrected chi connectivity index (χ4v) is 2.60. The number of carbonyl (C=O) groups excluding carboxylic acids is 1. The van der Waals surface area contributed by atoms with Crippen LogP contribution in [0.15, 0.2) is 36.4 Å². The Morgan fingerprint density at radius 2 is 2.09 bits per heavy atom. The number of halogens is 1. The van der Waals surface area contributed by atoms with Crippen molar-refractivity contribution in [2.45, 2.75) is 25.8 Å². The number of benzene rings is 2. The van der Waals surface area contributed by atoms with Gasteiger partial charge in [-0.3, -0.25) is 4.79 Å². The van der Waals surface area contributed by atoms with Crippen LogP contribution < -0.4 is 15.8 Å². The highest BCUT2D eigenvalue weighted by Gasteiger charge is 2.17. The highest BCUT2D eigenvalue weighted by atomic mass is 19.1. The zero-order chi connectivity index (χ0) is 15.7. The molecule has 4 nitrogen and oxygen atoms in total. The van der Waals surface area contributed by atoms with Gasteiger partial charge in [0.25, 0.3) is 0 Å². The van der Waals surface area contributed by atoms with Crippen molar-refractivity contribution in [1.82, 2.24) is 0 Å². The molecule has 0 radical (unpaired) electrons. The average molecular weight is 300 g/mol. The summed E-state index contributed by atoms with van der Waals surface area (Å²) in [5.41, 5.74) is 7.99. The van der Waals surface area contributed by atoms with Crippen molar-refractivity contribution in [3.05, 3.63) is 53.3 Å². The Balaban J connectivity index is 1.91. The first-order chi connectivity index (χ1) is 10.5. The molecular formula is C17H17FN2O2. The normalized spacial score (nSPS) is 15.0. The van der Waals surface area contributed by atoms with E-state index in [2.05, 4.69) is 5.32 Å². The van der Waals surface area contributed by atoms with E-state index in [1.807, 2.05) is 6.07 Å². The quantitative estimate of drug-likeness (QED) is 0.911. The van der Waals surface area contributed by atoms with Gasteiger partial charge < -0.3 is 15.8 Å². The van der Waals surface area contributed by atoms with Gasteiger partial charge in [0.1, 0.15) is 17.3 Å². The summed E-state index contributed by atoms with van der Waals surface area (Å²) in [6.07, 6.45) is 1.13. The third-order valence-corrected chi connectivity index (χ3v) is 3.67. The lowest BCUT2D eigenvalue weighted by atomic mass is 10.0. The lowest BCUT2D eigenvalue weighted by Gasteiger charge is -2.19. The van der Waals surface area contributed by atoms with E-state index in [4.69, 9.17) is 10.5 Å². The van der Waals surface area contributed by atoms with Crippen LogP contribution in [0, 0.1) is 5.82 Å². The SMILES string of the molecule is CC(N)c1c(F)cccc1Oc1ccc2c(c1)CCC(=O)N2. The molecular weight excluding hydrogens is 283 g/mol. The number of hydrogen-bond donors (Lipinski definition) is 2. The Kier molecular flexibility index (Phi) is 3.81. The number of rotatable bonds is 3. The van der Waals surface area contributed by atoms with Crippen LogP contribution in [-0.4, -0.2) is 5.91 Å². The monoisotopic (exact) mass is 300 g/mol. The summed E-state index contributed by atoms with van der Waals surface area (Å²) in [6, 6.07) is 9.61. The summed E-state index contributed by atoms with van der Waals surface area (Å²) in [4.78, 5) is 11.4. The van der Waals surface area contributed by atoms with E-state index in [1.165, 1.54) is 6.07 Å². The van der Waals surface area contributed by atoms with Crippen molar-refractivity contribution in [1.29, 1.82) is 0 Å². The Bertz CT molecular complexity index is 729. The molecule has 0 aliphatic carbocycles. The standard InChI is InChI=1S/C17H17FN2O2/c1-10(19)17-13(18)3-2-4-15(17)22-12-6-7-14-11(9-12)5-8-16(21)20-14/h2-4,6-7,9-10H,5,8,19H2,1H3,(H,20,21). The minimum atomic E-state index is -0.465. The molecule has 1 aliphatic heterocycles. The molecule has 22 heavy (non-hydrogen) atoms. The number of amides is 1. The molecule has 114 valence electrons. The maximum Gasteiger partial charge on any atom is 0.224 e. The maximum absolute atomic E-state index is 13.9. The summed E-state index contributed by atoms with van der Waals surface area (Å²) < 4.78 is 19.7. The molecule has 1 heterocycles. The molecule has 3 N–H and O–H groups in total. The number of aryl methyl sites for hydroxylation is 1. The van der Waals surface area contributed by atoms with Crippen LogP contribution in [-0.2, 0) is 11.2 Å². The smallest absolute Gasteiger partial charge is 0.224 e. The molecule has 1 amide bonds. The van der Waals surface area contributed by atoms with Crippen LogP contribution in [0.1, 0.15) is 30.5 Å². The van der Waals surface area contributed by atoms with Crippen LogP contribution in [0.3, 0.4) is 0 Å². The molecule has 2 aromatic rings. The van der Waals surface area contributed by atoms with Crippen LogP contribution in [0.4, 0.5) is 10.1 Å². The number of ether oxygens (including phenoxy) is 1. The largest absolute Gasteiger partial charge is 0.457 e. The molecule has 0 aromatic heterocycles. The van der Waals surface area contributed by atoms with Crippen molar-refractivity contribution in [3.63, 3.8) is 0 Å². The average Bonchev–Trinajstić information content (AvgIpc) is 2.47. The molecule has 3 rings (SSSR count). The van der Waals surface area contributed by atoms with E-state index in [-0.39, 0.29) is 11.7 Å². The molecule has 0 saturated heterocycles. The molecule has 5 heteroatoms. The van der Waals surface area contributed by atoms with E-state index in [1.54, 1.807) is 31.2 Å². The molecule has 2 aromatic carbocycles. The Morgan fingerprint density at radius 1 is 1.27 bits per heavy atom. The number of nitrogens with two attached hydrogens (primary N) is 1. The van der Waals surface area contributed by atoms with E-state index in [0.29, 0.717) is 29.9 Å². The first-order valence-electron chi connectivity index (χ1n) is 7.19. The van der Waals surface area contributed by atoms with Crippen molar-refractivity contribution < 1.29 is 13.9 Å². The lowest BCUT2D eigenvalue weighted by Crippen LogP contribution is -2.18. The molecule has 0 bridgehead atoms.